The van der Waals surface area contributed by atoms with Gasteiger partial charge in [-0.3, -0.25) is 4.79 Å². The molecule has 0 saturated carbocycles. The normalized spacial score (nSPS) is 26.2. The zero-order chi connectivity index (χ0) is 15.8. The zero-order valence-corrected chi connectivity index (χ0v) is 14.2. The Hall–Kier alpha value is -1.43. The molecule has 3 atom stereocenters. The number of halogens is 1. The van der Waals surface area contributed by atoms with Crippen LogP contribution in [0.15, 0.2) is 30.5 Å². The molecule has 1 aromatic carbocycles. The lowest BCUT2D eigenvalue weighted by atomic mass is 9.97. The number of aromatic nitrogens is 1. The molecule has 4 rings (SSSR count). The number of amides is 1. The van der Waals surface area contributed by atoms with Gasteiger partial charge in [-0.15, -0.1) is 11.3 Å². The molecule has 4 nitrogen and oxygen atoms in total. The maximum atomic E-state index is 12.4. The van der Waals surface area contributed by atoms with Crippen molar-refractivity contribution in [3.63, 3.8) is 0 Å². The third-order valence-corrected chi connectivity index (χ3v) is 5.93. The first-order chi connectivity index (χ1) is 11.2. The van der Waals surface area contributed by atoms with Gasteiger partial charge in [0.05, 0.1) is 4.88 Å². The highest BCUT2D eigenvalue weighted by atomic mass is 35.5. The van der Waals surface area contributed by atoms with Gasteiger partial charge >= 0.3 is 0 Å². The highest BCUT2D eigenvalue weighted by Gasteiger charge is 2.33. The van der Waals surface area contributed by atoms with Crippen molar-refractivity contribution in [1.82, 2.24) is 15.2 Å². The Morgan fingerprint density at radius 3 is 2.91 bits per heavy atom. The Bertz CT molecular complexity index is 703. The minimum Gasteiger partial charge on any atom is -0.346 e. The van der Waals surface area contributed by atoms with Crippen molar-refractivity contribution in [2.24, 2.45) is 5.92 Å². The standard InChI is InChI=1S/C17H18ClN3OS/c18-13-3-1-12(2-4-13)15-8-19-17(23-15)16(22)20-14-7-11-5-6-21(9-11)10-14/h1-4,8,11,14H,5-7,9-10H2,(H,20,22)/t11-,14-/m1/s1. The molecular formula is C17H18ClN3OS. The van der Waals surface area contributed by atoms with E-state index in [1.807, 2.05) is 24.3 Å². The smallest absolute Gasteiger partial charge is 0.280 e. The first kappa shape index (κ1) is 15.1. The van der Waals surface area contributed by atoms with Crippen LogP contribution in [0, 0.1) is 5.92 Å². The maximum absolute atomic E-state index is 12.4. The summed E-state index contributed by atoms with van der Waals surface area (Å²) in [5, 5.41) is 4.39. The van der Waals surface area contributed by atoms with Gasteiger partial charge in [0.25, 0.3) is 5.91 Å². The van der Waals surface area contributed by atoms with E-state index in [0.29, 0.717) is 10.0 Å². The first-order valence-electron chi connectivity index (χ1n) is 7.92. The molecule has 0 radical (unpaired) electrons. The molecule has 0 spiro atoms. The molecule has 1 amide bonds. The van der Waals surface area contributed by atoms with Crippen LogP contribution in [0.2, 0.25) is 5.02 Å². The number of carbonyl (C=O) groups is 1. The second kappa shape index (κ2) is 6.23. The quantitative estimate of drug-likeness (QED) is 0.926. The highest BCUT2D eigenvalue weighted by Crippen LogP contribution is 2.29. The molecule has 6 heteroatoms. The molecule has 2 aliphatic rings. The van der Waals surface area contributed by atoms with Crippen LogP contribution in [0.1, 0.15) is 22.6 Å². The molecule has 2 saturated heterocycles. The number of fused-ring (bicyclic) bond motifs is 2. The molecular weight excluding hydrogens is 330 g/mol. The van der Waals surface area contributed by atoms with Gasteiger partial charge in [-0.2, -0.15) is 0 Å². The van der Waals surface area contributed by atoms with Crippen LogP contribution < -0.4 is 5.32 Å². The summed E-state index contributed by atoms with van der Waals surface area (Å²) in [6.45, 7) is 3.34. The number of carbonyl (C=O) groups excluding carboxylic acids is 1. The average molecular weight is 348 g/mol. The van der Waals surface area contributed by atoms with E-state index in [0.717, 1.165) is 29.3 Å². The van der Waals surface area contributed by atoms with Gasteiger partial charge in [0.1, 0.15) is 0 Å². The largest absolute Gasteiger partial charge is 0.346 e. The number of rotatable bonds is 3. The van der Waals surface area contributed by atoms with E-state index in [4.69, 9.17) is 11.6 Å². The summed E-state index contributed by atoms with van der Waals surface area (Å²) >= 11 is 7.34. The Balaban J connectivity index is 1.44. The lowest BCUT2D eigenvalue weighted by molar-refractivity contribution is 0.0909. The minimum absolute atomic E-state index is 0.0530. The van der Waals surface area contributed by atoms with Crippen LogP contribution in [0.4, 0.5) is 0 Å². The van der Waals surface area contributed by atoms with E-state index < -0.39 is 0 Å². The molecule has 0 aliphatic carbocycles. The van der Waals surface area contributed by atoms with Crippen LogP contribution in [0.3, 0.4) is 0 Å². The number of thiazole rings is 1. The Labute approximate surface area is 144 Å². The second-order valence-electron chi connectivity index (χ2n) is 6.36. The van der Waals surface area contributed by atoms with E-state index in [9.17, 15) is 4.79 Å². The van der Waals surface area contributed by atoms with Gasteiger partial charge in [0.15, 0.2) is 5.01 Å². The van der Waals surface area contributed by atoms with Crippen molar-refractivity contribution in [1.29, 1.82) is 0 Å². The summed E-state index contributed by atoms with van der Waals surface area (Å²) < 4.78 is 0. The predicted octanol–water partition coefficient (Wildman–Crippen LogP) is 3.29. The van der Waals surface area contributed by atoms with Crippen molar-refractivity contribution in [2.45, 2.75) is 18.9 Å². The Morgan fingerprint density at radius 1 is 1.30 bits per heavy atom. The molecule has 120 valence electrons. The summed E-state index contributed by atoms with van der Waals surface area (Å²) in [4.78, 5) is 20.2. The van der Waals surface area contributed by atoms with E-state index in [1.54, 1.807) is 6.20 Å². The fourth-order valence-electron chi connectivity index (χ4n) is 3.54. The van der Waals surface area contributed by atoms with Crippen molar-refractivity contribution < 1.29 is 4.79 Å². The molecule has 1 aromatic heterocycles. The average Bonchev–Trinajstić information content (AvgIpc) is 3.15. The van der Waals surface area contributed by atoms with Crippen molar-refractivity contribution in [2.75, 3.05) is 19.6 Å². The van der Waals surface area contributed by atoms with Crippen LogP contribution in [-0.4, -0.2) is 41.5 Å². The lowest BCUT2D eigenvalue weighted by Gasteiger charge is -2.30. The summed E-state index contributed by atoms with van der Waals surface area (Å²) in [5.74, 6) is 0.692. The first-order valence-corrected chi connectivity index (χ1v) is 9.12. The third kappa shape index (κ3) is 3.27. The fraction of sp³-hybridized carbons (Fsp3) is 0.412. The van der Waals surface area contributed by atoms with Gasteiger partial charge in [-0.05, 0) is 43.0 Å². The topological polar surface area (TPSA) is 45.2 Å². The summed E-state index contributed by atoms with van der Waals surface area (Å²) in [5.41, 5.74) is 1.03. The van der Waals surface area contributed by atoms with Gasteiger partial charge < -0.3 is 10.2 Å². The Morgan fingerprint density at radius 2 is 2.13 bits per heavy atom. The van der Waals surface area contributed by atoms with Crippen LogP contribution in [-0.2, 0) is 0 Å². The fourth-order valence-corrected chi connectivity index (χ4v) is 4.49. The maximum Gasteiger partial charge on any atom is 0.280 e. The Kier molecular flexibility index (Phi) is 4.09. The minimum atomic E-state index is -0.0530. The van der Waals surface area contributed by atoms with Crippen LogP contribution in [0.25, 0.3) is 10.4 Å². The molecule has 1 unspecified atom stereocenters. The number of hydrogen-bond acceptors (Lipinski definition) is 4. The summed E-state index contributed by atoms with van der Waals surface area (Å²) in [6, 6.07) is 7.85. The molecule has 1 N–H and O–H groups in total. The summed E-state index contributed by atoms with van der Waals surface area (Å²) in [7, 11) is 0. The molecule has 2 aromatic rings. The number of benzene rings is 1. The number of hydrogen-bond donors (Lipinski definition) is 1. The molecule has 2 bridgehead atoms. The van der Waals surface area contributed by atoms with Crippen LogP contribution in [0.5, 0.6) is 0 Å². The monoisotopic (exact) mass is 347 g/mol. The predicted molar refractivity (Wildman–Crippen MR) is 93.0 cm³/mol. The number of nitrogens with one attached hydrogen (secondary N) is 1. The second-order valence-corrected chi connectivity index (χ2v) is 7.82. The van der Waals surface area contributed by atoms with Crippen LogP contribution >= 0.6 is 22.9 Å². The molecule has 2 aliphatic heterocycles. The number of piperidine rings is 1. The van der Waals surface area contributed by atoms with Gasteiger partial charge in [-0.25, -0.2) is 4.98 Å². The zero-order valence-electron chi connectivity index (χ0n) is 12.7. The van der Waals surface area contributed by atoms with Gasteiger partial charge in [0.2, 0.25) is 0 Å². The molecule has 23 heavy (non-hydrogen) atoms. The SMILES string of the molecule is O=C(N[C@@H]1C[C@H]2CCN(C2)C1)c1ncc(-c2ccc(Cl)cc2)s1. The highest BCUT2D eigenvalue weighted by molar-refractivity contribution is 7.16. The lowest BCUT2D eigenvalue weighted by Crippen LogP contribution is -2.46. The van der Waals surface area contributed by atoms with Gasteiger partial charge in [0, 0.05) is 30.4 Å². The summed E-state index contributed by atoms with van der Waals surface area (Å²) in [6.07, 6.45) is 4.12. The van der Waals surface area contributed by atoms with Crippen molar-refractivity contribution >= 4 is 28.8 Å². The van der Waals surface area contributed by atoms with E-state index in [-0.39, 0.29) is 11.9 Å². The van der Waals surface area contributed by atoms with E-state index >= 15 is 0 Å². The molecule has 2 fully saturated rings. The van der Waals surface area contributed by atoms with Crippen molar-refractivity contribution in [3.8, 4) is 10.4 Å². The van der Waals surface area contributed by atoms with Gasteiger partial charge in [-0.1, -0.05) is 23.7 Å². The number of nitrogens with zero attached hydrogens (tertiary/aromatic N) is 2. The van der Waals surface area contributed by atoms with E-state index in [2.05, 4.69) is 15.2 Å². The third-order valence-electron chi connectivity index (χ3n) is 4.63. The van der Waals surface area contributed by atoms with Crippen molar-refractivity contribution in [3.05, 3.63) is 40.5 Å². The van der Waals surface area contributed by atoms with E-state index in [1.165, 1.54) is 30.8 Å². The molecule has 3 heterocycles.